The van der Waals surface area contributed by atoms with Gasteiger partial charge in [0.1, 0.15) is 11.5 Å². The molecule has 0 unspecified atom stereocenters. The van der Waals surface area contributed by atoms with Crippen LogP contribution in [-0.2, 0) is 11.2 Å². The van der Waals surface area contributed by atoms with E-state index in [1.54, 1.807) is 29.5 Å². The molecule has 0 aliphatic heterocycles. The number of carboxylic acids is 1. The average Bonchev–Trinajstić information content (AvgIpc) is 2.70. The van der Waals surface area contributed by atoms with Crippen molar-refractivity contribution >= 4 is 17.3 Å². The highest BCUT2D eigenvalue weighted by atomic mass is 32.1. The molecule has 1 aromatic heterocycles. The minimum atomic E-state index is -0.840. The Labute approximate surface area is 96.9 Å². The van der Waals surface area contributed by atoms with Gasteiger partial charge in [0.2, 0.25) is 0 Å². The molecule has 16 heavy (non-hydrogen) atoms. The molecule has 1 N–H and O–H groups in total. The maximum absolute atomic E-state index is 10.6. The Balaban J connectivity index is 2.13. The zero-order valence-corrected chi connectivity index (χ0v) is 9.24. The molecule has 2 rings (SSSR count). The smallest absolute Gasteiger partial charge is 0.307 e. The van der Waals surface area contributed by atoms with Crippen LogP contribution in [0.15, 0.2) is 41.1 Å². The van der Waals surface area contributed by atoms with Gasteiger partial charge in [-0.15, -0.1) is 11.3 Å². The molecule has 0 atom stereocenters. The number of rotatable bonds is 4. The van der Waals surface area contributed by atoms with Gasteiger partial charge in [-0.25, -0.2) is 0 Å². The van der Waals surface area contributed by atoms with Crippen LogP contribution in [0.25, 0.3) is 0 Å². The van der Waals surface area contributed by atoms with Crippen LogP contribution >= 0.6 is 11.3 Å². The zero-order valence-electron chi connectivity index (χ0n) is 8.42. The van der Waals surface area contributed by atoms with Gasteiger partial charge < -0.3 is 9.84 Å². The Morgan fingerprint density at radius 1 is 1.31 bits per heavy atom. The fourth-order valence-corrected chi connectivity index (χ4v) is 1.89. The maximum Gasteiger partial charge on any atom is 0.307 e. The number of hydrogen-bond donors (Lipinski definition) is 1. The molecule has 0 bridgehead atoms. The number of hydrogen-bond acceptors (Lipinski definition) is 3. The normalized spacial score (nSPS) is 10.0. The van der Waals surface area contributed by atoms with Gasteiger partial charge in [0, 0.05) is 5.38 Å². The first kappa shape index (κ1) is 10.7. The molecule has 0 aliphatic rings. The van der Waals surface area contributed by atoms with Crippen LogP contribution in [0.3, 0.4) is 0 Å². The Kier molecular flexibility index (Phi) is 3.22. The highest BCUT2D eigenvalue weighted by Gasteiger charge is 2.02. The largest absolute Gasteiger partial charge is 0.481 e. The third-order valence-electron chi connectivity index (χ3n) is 1.98. The molecule has 0 fully saturated rings. The van der Waals surface area contributed by atoms with E-state index < -0.39 is 5.97 Å². The SMILES string of the molecule is O=C(O)Cc1cccc(Oc2ccsc2)c1. The number of carboxylic acid groups (broad SMARTS) is 1. The van der Waals surface area contributed by atoms with Gasteiger partial charge in [-0.05, 0) is 29.1 Å². The molecule has 2 aromatic rings. The molecule has 0 saturated carbocycles. The van der Waals surface area contributed by atoms with Gasteiger partial charge in [-0.3, -0.25) is 4.79 Å². The summed E-state index contributed by atoms with van der Waals surface area (Å²) in [4.78, 5) is 10.6. The Bertz CT molecular complexity index is 477. The van der Waals surface area contributed by atoms with E-state index in [0.29, 0.717) is 5.75 Å². The summed E-state index contributed by atoms with van der Waals surface area (Å²) in [6, 6.07) is 8.98. The molecule has 1 aromatic carbocycles. The highest BCUT2D eigenvalue weighted by Crippen LogP contribution is 2.24. The first-order valence-corrected chi connectivity index (χ1v) is 5.69. The third-order valence-corrected chi connectivity index (χ3v) is 2.65. The summed E-state index contributed by atoms with van der Waals surface area (Å²) in [5, 5.41) is 12.5. The third kappa shape index (κ3) is 2.84. The average molecular weight is 234 g/mol. The zero-order chi connectivity index (χ0) is 11.4. The van der Waals surface area contributed by atoms with Crippen LogP contribution in [-0.4, -0.2) is 11.1 Å². The second kappa shape index (κ2) is 4.81. The van der Waals surface area contributed by atoms with E-state index in [0.717, 1.165) is 11.3 Å². The van der Waals surface area contributed by atoms with Crippen LogP contribution in [0.4, 0.5) is 0 Å². The molecular weight excluding hydrogens is 224 g/mol. The van der Waals surface area contributed by atoms with Crippen LogP contribution in [0.5, 0.6) is 11.5 Å². The van der Waals surface area contributed by atoms with Crippen molar-refractivity contribution in [3.8, 4) is 11.5 Å². The number of aliphatic carboxylic acids is 1. The monoisotopic (exact) mass is 234 g/mol. The lowest BCUT2D eigenvalue weighted by Crippen LogP contribution is -1.99. The Morgan fingerprint density at radius 2 is 2.19 bits per heavy atom. The molecule has 0 aliphatic carbocycles. The number of thiophene rings is 1. The van der Waals surface area contributed by atoms with E-state index in [9.17, 15) is 4.79 Å². The van der Waals surface area contributed by atoms with Crippen molar-refractivity contribution in [1.82, 2.24) is 0 Å². The van der Waals surface area contributed by atoms with E-state index in [1.165, 1.54) is 0 Å². The second-order valence-electron chi connectivity index (χ2n) is 3.28. The van der Waals surface area contributed by atoms with E-state index in [1.807, 2.05) is 22.9 Å². The molecule has 1 heterocycles. The Morgan fingerprint density at radius 3 is 2.88 bits per heavy atom. The summed E-state index contributed by atoms with van der Waals surface area (Å²) in [5.41, 5.74) is 0.736. The lowest BCUT2D eigenvalue weighted by molar-refractivity contribution is -0.136. The van der Waals surface area contributed by atoms with Crippen molar-refractivity contribution in [1.29, 1.82) is 0 Å². The van der Waals surface area contributed by atoms with Gasteiger partial charge in [-0.2, -0.15) is 0 Å². The predicted octanol–water partition coefficient (Wildman–Crippen LogP) is 3.17. The molecule has 82 valence electrons. The first-order valence-electron chi connectivity index (χ1n) is 4.75. The molecule has 0 spiro atoms. The summed E-state index contributed by atoms with van der Waals surface area (Å²) in [5.74, 6) is 0.599. The van der Waals surface area contributed by atoms with Gasteiger partial charge >= 0.3 is 5.97 Å². The van der Waals surface area contributed by atoms with Crippen molar-refractivity contribution in [3.05, 3.63) is 46.7 Å². The van der Waals surface area contributed by atoms with Gasteiger partial charge in [-0.1, -0.05) is 12.1 Å². The van der Waals surface area contributed by atoms with Crippen molar-refractivity contribution in [2.75, 3.05) is 0 Å². The minimum Gasteiger partial charge on any atom is -0.481 e. The Hall–Kier alpha value is -1.81. The molecule has 0 radical (unpaired) electrons. The standard InChI is InChI=1S/C12H10O3S/c13-12(14)7-9-2-1-3-10(6-9)15-11-4-5-16-8-11/h1-6,8H,7H2,(H,13,14). The summed E-state index contributed by atoms with van der Waals surface area (Å²) < 4.78 is 5.56. The minimum absolute atomic E-state index is 0.0147. The summed E-state index contributed by atoms with van der Waals surface area (Å²) >= 11 is 1.55. The molecule has 0 amide bonds. The molecule has 3 nitrogen and oxygen atoms in total. The number of benzene rings is 1. The maximum atomic E-state index is 10.6. The lowest BCUT2D eigenvalue weighted by atomic mass is 10.1. The summed E-state index contributed by atoms with van der Waals surface area (Å²) in [6.07, 6.45) is 0.0147. The fourth-order valence-electron chi connectivity index (χ4n) is 1.34. The van der Waals surface area contributed by atoms with E-state index >= 15 is 0 Å². The first-order chi connectivity index (χ1) is 7.74. The molecule has 4 heteroatoms. The van der Waals surface area contributed by atoms with E-state index in [-0.39, 0.29) is 6.42 Å². The van der Waals surface area contributed by atoms with Crippen molar-refractivity contribution in [2.24, 2.45) is 0 Å². The van der Waals surface area contributed by atoms with Crippen LogP contribution in [0.1, 0.15) is 5.56 Å². The van der Waals surface area contributed by atoms with Crippen molar-refractivity contribution in [3.63, 3.8) is 0 Å². The number of carbonyl (C=O) groups is 1. The van der Waals surface area contributed by atoms with Crippen LogP contribution < -0.4 is 4.74 Å². The quantitative estimate of drug-likeness (QED) is 0.883. The summed E-state index contributed by atoms with van der Waals surface area (Å²) in [7, 11) is 0. The van der Waals surface area contributed by atoms with Crippen molar-refractivity contribution < 1.29 is 14.6 Å². The lowest BCUT2D eigenvalue weighted by Gasteiger charge is -2.04. The molecular formula is C12H10O3S. The van der Waals surface area contributed by atoms with Crippen LogP contribution in [0, 0.1) is 0 Å². The highest BCUT2D eigenvalue weighted by molar-refractivity contribution is 7.08. The fraction of sp³-hybridized carbons (Fsp3) is 0.0833. The van der Waals surface area contributed by atoms with Gasteiger partial charge in [0.05, 0.1) is 6.42 Å². The topological polar surface area (TPSA) is 46.5 Å². The van der Waals surface area contributed by atoms with Gasteiger partial charge in [0.25, 0.3) is 0 Å². The summed E-state index contributed by atoms with van der Waals surface area (Å²) in [6.45, 7) is 0. The predicted molar refractivity (Wildman–Crippen MR) is 62.2 cm³/mol. The van der Waals surface area contributed by atoms with Crippen LogP contribution in [0.2, 0.25) is 0 Å². The molecule has 0 saturated heterocycles. The van der Waals surface area contributed by atoms with Crippen molar-refractivity contribution in [2.45, 2.75) is 6.42 Å². The van der Waals surface area contributed by atoms with E-state index in [4.69, 9.17) is 9.84 Å². The number of ether oxygens (including phenoxy) is 1. The second-order valence-corrected chi connectivity index (χ2v) is 4.06. The van der Waals surface area contributed by atoms with E-state index in [2.05, 4.69) is 0 Å². The van der Waals surface area contributed by atoms with Gasteiger partial charge in [0.15, 0.2) is 0 Å².